The van der Waals surface area contributed by atoms with Crippen molar-refractivity contribution < 1.29 is 17.9 Å². The van der Waals surface area contributed by atoms with E-state index >= 15 is 0 Å². The molecule has 0 saturated carbocycles. The average molecular weight is 452 g/mol. The van der Waals surface area contributed by atoms with E-state index in [2.05, 4.69) is 24.4 Å². The quantitative estimate of drug-likeness (QED) is 0.655. The number of sulfonamides is 1. The summed E-state index contributed by atoms with van der Waals surface area (Å²) in [5, 5.41) is 8.72. The topological polar surface area (TPSA) is 98.6 Å². The zero-order valence-corrected chi connectivity index (χ0v) is 20.0. The molecular weight excluding hydrogens is 418 g/mol. The molecule has 1 aromatic heterocycles. The predicted octanol–water partition coefficient (Wildman–Crippen LogP) is 1.91. The van der Waals surface area contributed by atoms with Crippen LogP contribution in [-0.4, -0.2) is 61.6 Å². The van der Waals surface area contributed by atoms with Crippen LogP contribution in [0.3, 0.4) is 0 Å². The van der Waals surface area contributed by atoms with E-state index < -0.39 is 16.1 Å². The van der Waals surface area contributed by atoms with Gasteiger partial charge in [0.15, 0.2) is 5.82 Å². The van der Waals surface area contributed by atoms with Gasteiger partial charge in [-0.05, 0) is 18.9 Å². The van der Waals surface area contributed by atoms with Gasteiger partial charge in [-0.1, -0.05) is 19.9 Å². The molecule has 31 heavy (non-hydrogen) atoms. The first-order chi connectivity index (χ1) is 14.6. The van der Waals surface area contributed by atoms with Gasteiger partial charge in [0.25, 0.3) is 0 Å². The van der Waals surface area contributed by atoms with Gasteiger partial charge in [0.2, 0.25) is 10.0 Å². The Morgan fingerprint density at radius 1 is 1.13 bits per heavy atom. The molecule has 1 aliphatic heterocycles. The number of nitrogens with zero attached hydrogens (tertiary/aromatic N) is 4. The molecule has 1 aromatic carbocycles. The highest BCUT2D eigenvalue weighted by atomic mass is 32.2. The number of fused-ring (bicyclic) bond motifs is 1. The fourth-order valence-corrected chi connectivity index (χ4v) is 4.93. The smallest absolute Gasteiger partial charge is 0.209 e. The third kappa shape index (κ3) is 5.36. The summed E-state index contributed by atoms with van der Waals surface area (Å²) in [7, 11) is -0.0230. The highest BCUT2D eigenvalue weighted by Gasteiger charge is 2.28. The number of methoxy groups -OCH3 is 2. The second-order valence-electron chi connectivity index (χ2n) is 8.35. The largest absolute Gasteiger partial charge is 0.496 e. The lowest BCUT2D eigenvalue weighted by Gasteiger charge is -2.23. The van der Waals surface area contributed by atoms with Gasteiger partial charge < -0.3 is 14.0 Å². The normalized spacial score (nSPS) is 16.1. The van der Waals surface area contributed by atoms with Crippen molar-refractivity contribution in [3.63, 3.8) is 0 Å². The van der Waals surface area contributed by atoms with Crippen LogP contribution in [0.25, 0.3) is 0 Å². The second-order valence-corrected chi connectivity index (χ2v) is 10.1. The highest BCUT2D eigenvalue weighted by Crippen LogP contribution is 2.32. The molecule has 1 unspecified atom stereocenters. The Hall–Kier alpha value is -2.17. The zero-order chi connectivity index (χ0) is 22.8. The highest BCUT2D eigenvalue weighted by molar-refractivity contribution is 7.88. The van der Waals surface area contributed by atoms with Crippen LogP contribution in [0.5, 0.6) is 11.5 Å². The summed E-state index contributed by atoms with van der Waals surface area (Å²) in [5.74, 6) is 3.27. The molecule has 9 nitrogen and oxygen atoms in total. The molecule has 0 spiro atoms. The van der Waals surface area contributed by atoms with Crippen LogP contribution >= 0.6 is 0 Å². The first-order valence-corrected chi connectivity index (χ1v) is 12.4. The predicted molar refractivity (Wildman–Crippen MR) is 119 cm³/mol. The Morgan fingerprint density at radius 2 is 1.87 bits per heavy atom. The third-order valence-corrected chi connectivity index (χ3v) is 6.37. The lowest BCUT2D eigenvalue weighted by atomic mass is 10.1. The molecule has 0 aliphatic carbocycles. The number of hydrogen-bond acceptors (Lipinski definition) is 7. The van der Waals surface area contributed by atoms with E-state index in [1.165, 1.54) is 6.26 Å². The Bertz CT molecular complexity index is 1020. The summed E-state index contributed by atoms with van der Waals surface area (Å²) < 4.78 is 39.6. The molecule has 0 bridgehead atoms. The summed E-state index contributed by atoms with van der Waals surface area (Å²) in [6, 6.07) is 3.61. The van der Waals surface area contributed by atoms with Gasteiger partial charge in [-0.15, -0.1) is 10.2 Å². The summed E-state index contributed by atoms with van der Waals surface area (Å²) in [4.78, 5) is 2.36. The standard InChI is InChI=1S/C21H33N5O4S/c1-14(2)19(24-31(6,27)28)21-23-22-18-9-10-25(11-12-26(18)21)13-16-7-8-17(29-4)15(3)20(16)30-5/h7-8,14,19,24H,9-13H2,1-6H3. The SMILES string of the molecule is COc1ccc(CN2CCc3nnc(C(NS(C)(=O)=O)C(C)C)n3CC2)c(OC)c1C. The van der Waals surface area contributed by atoms with Crippen LogP contribution in [0.4, 0.5) is 0 Å². The fourth-order valence-electron chi connectivity index (χ4n) is 4.10. The van der Waals surface area contributed by atoms with Gasteiger partial charge in [0.1, 0.15) is 17.3 Å². The molecule has 172 valence electrons. The number of nitrogens with one attached hydrogen (secondary N) is 1. The average Bonchev–Trinajstić information content (AvgIpc) is 2.99. The molecule has 0 fully saturated rings. The van der Waals surface area contributed by atoms with Crippen molar-refractivity contribution in [3.05, 3.63) is 34.9 Å². The summed E-state index contributed by atoms with van der Waals surface area (Å²) in [6.07, 6.45) is 1.92. The van der Waals surface area contributed by atoms with E-state index in [4.69, 9.17) is 9.47 Å². The molecule has 2 heterocycles. The lowest BCUT2D eigenvalue weighted by molar-refractivity contribution is 0.263. The number of hydrogen-bond donors (Lipinski definition) is 1. The lowest BCUT2D eigenvalue weighted by Crippen LogP contribution is -2.33. The molecule has 10 heteroatoms. The first kappa shape index (κ1) is 23.5. The minimum Gasteiger partial charge on any atom is -0.496 e. The molecule has 1 N–H and O–H groups in total. The number of aromatic nitrogens is 3. The van der Waals surface area contributed by atoms with Crippen molar-refractivity contribution in [2.75, 3.05) is 33.6 Å². The maximum Gasteiger partial charge on any atom is 0.209 e. The van der Waals surface area contributed by atoms with E-state index in [0.29, 0.717) is 12.4 Å². The number of rotatable bonds is 8. The maximum atomic E-state index is 11.9. The molecule has 1 aliphatic rings. The Morgan fingerprint density at radius 3 is 2.48 bits per heavy atom. The van der Waals surface area contributed by atoms with E-state index in [0.717, 1.165) is 54.5 Å². The molecular formula is C21H33N5O4S. The van der Waals surface area contributed by atoms with Crippen LogP contribution < -0.4 is 14.2 Å². The second kappa shape index (κ2) is 9.54. The molecule has 0 saturated heterocycles. The van der Waals surface area contributed by atoms with Crippen LogP contribution in [0.15, 0.2) is 12.1 Å². The summed E-state index contributed by atoms with van der Waals surface area (Å²) >= 11 is 0. The Labute approximate surface area is 184 Å². The van der Waals surface area contributed by atoms with Gasteiger partial charge in [-0.2, -0.15) is 0 Å². The third-order valence-electron chi connectivity index (χ3n) is 5.69. The number of ether oxygens (including phenoxy) is 2. The number of benzene rings is 1. The Kier molecular flexibility index (Phi) is 7.23. The van der Waals surface area contributed by atoms with E-state index in [1.54, 1.807) is 14.2 Å². The minimum absolute atomic E-state index is 0.0499. The van der Waals surface area contributed by atoms with Gasteiger partial charge in [-0.25, -0.2) is 13.1 Å². The zero-order valence-electron chi connectivity index (χ0n) is 19.2. The molecule has 2 aromatic rings. The molecule has 1 atom stereocenters. The van der Waals surface area contributed by atoms with Crippen LogP contribution in [0, 0.1) is 12.8 Å². The summed E-state index contributed by atoms with van der Waals surface area (Å²) in [6.45, 7) is 9.03. The molecule has 3 rings (SSSR count). The molecule has 0 radical (unpaired) electrons. The van der Waals surface area contributed by atoms with Crippen molar-refractivity contribution in [2.24, 2.45) is 5.92 Å². The van der Waals surface area contributed by atoms with Gasteiger partial charge in [0.05, 0.1) is 26.5 Å². The van der Waals surface area contributed by atoms with Crippen LogP contribution in [-0.2, 0) is 29.5 Å². The van der Waals surface area contributed by atoms with E-state index in [9.17, 15) is 8.42 Å². The van der Waals surface area contributed by atoms with Gasteiger partial charge in [-0.3, -0.25) is 4.90 Å². The monoisotopic (exact) mass is 451 g/mol. The maximum absolute atomic E-state index is 11.9. The van der Waals surface area contributed by atoms with E-state index in [-0.39, 0.29) is 5.92 Å². The van der Waals surface area contributed by atoms with Crippen molar-refractivity contribution in [2.45, 2.75) is 46.3 Å². The summed E-state index contributed by atoms with van der Waals surface area (Å²) in [5.41, 5.74) is 2.10. The fraction of sp³-hybridized carbons (Fsp3) is 0.619. The molecule has 0 amide bonds. The van der Waals surface area contributed by atoms with Gasteiger partial charge in [0, 0.05) is 43.7 Å². The van der Waals surface area contributed by atoms with E-state index in [1.807, 2.05) is 32.9 Å². The van der Waals surface area contributed by atoms with Gasteiger partial charge >= 0.3 is 0 Å². The van der Waals surface area contributed by atoms with Crippen molar-refractivity contribution in [1.82, 2.24) is 24.4 Å². The van der Waals surface area contributed by atoms with Crippen LogP contribution in [0.2, 0.25) is 0 Å². The van der Waals surface area contributed by atoms with Crippen LogP contribution in [0.1, 0.15) is 42.7 Å². The Balaban J connectivity index is 1.79. The van der Waals surface area contributed by atoms with Crippen molar-refractivity contribution in [1.29, 1.82) is 0 Å². The van der Waals surface area contributed by atoms with Crippen molar-refractivity contribution in [3.8, 4) is 11.5 Å². The minimum atomic E-state index is -3.36. The first-order valence-electron chi connectivity index (χ1n) is 10.5. The van der Waals surface area contributed by atoms with Crippen molar-refractivity contribution >= 4 is 10.0 Å².